The lowest BCUT2D eigenvalue weighted by molar-refractivity contribution is -0.302. The van der Waals surface area contributed by atoms with Crippen molar-refractivity contribution in [3.63, 3.8) is 0 Å². The van der Waals surface area contributed by atoms with Gasteiger partial charge in [0.2, 0.25) is 5.91 Å². The maximum atomic E-state index is 13.1. The van der Waals surface area contributed by atoms with Gasteiger partial charge in [-0.25, -0.2) is 0 Å². The molecular formula is C70H127NO8. The summed E-state index contributed by atoms with van der Waals surface area (Å²) in [5, 5.41) is 54.9. The van der Waals surface area contributed by atoms with Gasteiger partial charge < -0.3 is 40.3 Å². The van der Waals surface area contributed by atoms with Gasteiger partial charge in [0.25, 0.3) is 0 Å². The van der Waals surface area contributed by atoms with Crippen molar-refractivity contribution in [3.05, 3.63) is 72.9 Å². The molecule has 0 bridgehead atoms. The smallest absolute Gasteiger partial charge is 0.220 e. The van der Waals surface area contributed by atoms with Crippen LogP contribution in [-0.2, 0) is 14.3 Å². The summed E-state index contributed by atoms with van der Waals surface area (Å²) in [4.78, 5) is 13.1. The normalized spacial score (nSPS) is 19.0. The fourth-order valence-electron chi connectivity index (χ4n) is 10.6. The van der Waals surface area contributed by atoms with Crippen LogP contribution < -0.4 is 5.32 Å². The van der Waals surface area contributed by atoms with Gasteiger partial charge in [-0.15, -0.1) is 0 Å². The predicted octanol–water partition coefficient (Wildman–Crippen LogP) is 18.0. The quantitative estimate of drug-likeness (QED) is 0.0261. The summed E-state index contributed by atoms with van der Waals surface area (Å²) in [6.07, 6.45) is 75.3. The van der Waals surface area contributed by atoms with E-state index in [-0.39, 0.29) is 12.5 Å². The number of carbonyl (C=O) groups excluding carboxylic acids is 1. The first-order chi connectivity index (χ1) is 38.8. The van der Waals surface area contributed by atoms with Gasteiger partial charge in [-0.1, -0.05) is 311 Å². The third-order valence-electron chi connectivity index (χ3n) is 15.8. The summed E-state index contributed by atoms with van der Waals surface area (Å²) in [7, 11) is 0. The minimum absolute atomic E-state index is 0.147. The molecule has 1 saturated heterocycles. The van der Waals surface area contributed by atoms with Crippen LogP contribution in [0.3, 0.4) is 0 Å². The van der Waals surface area contributed by atoms with Gasteiger partial charge in [-0.05, 0) is 64.2 Å². The molecule has 1 aliphatic heterocycles. The van der Waals surface area contributed by atoms with Gasteiger partial charge in [0.15, 0.2) is 6.29 Å². The van der Waals surface area contributed by atoms with Gasteiger partial charge in [0.1, 0.15) is 24.4 Å². The highest BCUT2D eigenvalue weighted by molar-refractivity contribution is 5.76. The van der Waals surface area contributed by atoms with Crippen LogP contribution in [0.15, 0.2) is 72.9 Å². The largest absolute Gasteiger partial charge is 0.394 e. The van der Waals surface area contributed by atoms with Gasteiger partial charge in [0, 0.05) is 6.42 Å². The Labute approximate surface area is 487 Å². The molecule has 0 spiro atoms. The first-order valence-electron chi connectivity index (χ1n) is 33.6. The molecule has 0 aromatic heterocycles. The Balaban J connectivity index is 2.15. The Morgan fingerprint density at radius 1 is 0.443 bits per heavy atom. The molecule has 1 aliphatic rings. The highest BCUT2D eigenvalue weighted by Crippen LogP contribution is 2.23. The number of rotatable bonds is 58. The van der Waals surface area contributed by atoms with E-state index in [4.69, 9.17) is 9.47 Å². The first-order valence-corrected chi connectivity index (χ1v) is 33.6. The van der Waals surface area contributed by atoms with E-state index in [2.05, 4.69) is 92.1 Å². The van der Waals surface area contributed by atoms with Crippen molar-refractivity contribution < 1.29 is 39.8 Å². The van der Waals surface area contributed by atoms with E-state index in [0.29, 0.717) is 12.8 Å². The third-order valence-corrected chi connectivity index (χ3v) is 15.8. The van der Waals surface area contributed by atoms with Crippen LogP contribution in [0.25, 0.3) is 0 Å². The zero-order chi connectivity index (χ0) is 57.2. The monoisotopic (exact) mass is 1110 g/mol. The van der Waals surface area contributed by atoms with Crippen LogP contribution in [-0.4, -0.2) is 87.5 Å². The molecule has 6 N–H and O–H groups in total. The summed E-state index contributed by atoms with van der Waals surface area (Å²) < 4.78 is 11.4. The molecule has 0 aromatic carbocycles. The molecule has 1 rings (SSSR count). The number of ether oxygens (including phenoxy) is 2. The Kier molecular flexibility index (Phi) is 55.6. The van der Waals surface area contributed by atoms with Gasteiger partial charge >= 0.3 is 0 Å². The zero-order valence-corrected chi connectivity index (χ0v) is 51.4. The molecule has 1 fully saturated rings. The molecule has 1 heterocycles. The number of unbranched alkanes of at least 4 members (excludes halogenated alkanes) is 36. The van der Waals surface area contributed by atoms with Gasteiger partial charge in [0.05, 0.1) is 25.4 Å². The lowest BCUT2D eigenvalue weighted by atomic mass is 9.99. The highest BCUT2D eigenvalue weighted by Gasteiger charge is 2.44. The molecule has 1 amide bonds. The summed E-state index contributed by atoms with van der Waals surface area (Å²) in [6, 6.07) is -0.734. The SMILES string of the molecule is CC/C=C\C/C=C\C/C=C\C/C=C\C/C=C\C/C=C\CCCCCCCCC(=O)NC(COC1OC(CO)C(O)C(O)C1O)C(O)CCCCCCCCCCCCCCCCCCCCCCCCCCCCCCCCC. The summed E-state index contributed by atoms with van der Waals surface area (Å²) in [5.74, 6) is -0.157. The molecule has 0 aliphatic carbocycles. The molecule has 0 saturated carbocycles. The highest BCUT2D eigenvalue weighted by atomic mass is 16.7. The number of hydrogen-bond acceptors (Lipinski definition) is 8. The van der Waals surface area contributed by atoms with Crippen LogP contribution in [0, 0.1) is 0 Å². The molecule has 0 aromatic rings. The van der Waals surface area contributed by atoms with Gasteiger partial charge in [-0.2, -0.15) is 0 Å². The molecule has 7 unspecified atom stereocenters. The topological polar surface area (TPSA) is 149 Å². The third kappa shape index (κ3) is 47.8. The van der Waals surface area contributed by atoms with Crippen molar-refractivity contribution in [1.82, 2.24) is 5.32 Å². The first kappa shape index (κ1) is 74.6. The van der Waals surface area contributed by atoms with E-state index in [1.165, 1.54) is 186 Å². The Hall–Kier alpha value is -2.37. The number of allylic oxidation sites excluding steroid dienone is 12. The van der Waals surface area contributed by atoms with E-state index in [1.54, 1.807) is 0 Å². The summed E-state index contributed by atoms with van der Waals surface area (Å²) >= 11 is 0. The molecule has 9 nitrogen and oxygen atoms in total. The average molecular weight is 1110 g/mol. The number of nitrogens with one attached hydrogen (secondary N) is 1. The number of amides is 1. The van der Waals surface area contributed by atoms with Crippen LogP contribution in [0.2, 0.25) is 0 Å². The van der Waals surface area contributed by atoms with Crippen molar-refractivity contribution in [3.8, 4) is 0 Å². The second-order valence-electron chi connectivity index (χ2n) is 23.2. The Morgan fingerprint density at radius 3 is 1.16 bits per heavy atom. The zero-order valence-electron chi connectivity index (χ0n) is 51.4. The number of aliphatic hydroxyl groups is 5. The Morgan fingerprint density at radius 2 is 0.785 bits per heavy atom. The second kappa shape index (κ2) is 58.8. The molecule has 7 atom stereocenters. The average Bonchev–Trinajstić information content (AvgIpc) is 3.47. The van der Waals surface area contributed by atoms with E-state index in [9.17, 15) is 30.3 Å². The van der Waals surface area contributed by atoms with Crippen LogP contribution >= 0.6 is 0 Å². The second-order valence-corrected chi connectivity index (χ2v) is 23.2. The number of hydrogen-bond donors (Lipinski definition) is 6. The van der Waals surface area contributed by atoms with E-state index in [0.717, 1.165) is 96.3 Å². The maximum Gasteiger partial charge on any atom is 0.220 e. The fraction of sp³-hybridized carbons (Fsp3) is 0.814. The summed E-state index contributed by atoms with van der Waals surface area (Å²) in [5.41, 5.74) is 0. The van der Waals surface area contributed by atoms with Crippen molar-refractivity contribution in [1.29, 1.82) is 0 Å². The van der Waals surface area contributed by atoms with Crippen molar-refractivity contribution >= 4 is 5.91 Å². The van der Waals surface area contributed by atoms with E-state index in [1.807, 2.05) is 0 Å². The molecule has 9 heteroatoms. The number of aliphatic hydroxyl groups excluding tert-OH is 5. The van der Waals surface area contributed by atoms with Crippen molar-refractivity contribution in [2.45, 2.75) is 352 Å². The van der Waals surface area contributed by atoms with Crippen LogP contribution in [0.4, 0.5) is 0 Å². The molecule has 460 valence electrons. The molecular weight excluding hydrogens is 983 g/mol. The minimum Gasteiger partial charge on any atom is -0.394 e. The summed E-state index contributed by atoms with van der Waals surface area (Å²) in [6.45, 7) is 3.75. The molecule has 0 radical (unpaired) electrons. The van der Waals surface area contributed by atoms with Crippen LogP contribution in [0.1, 0.15) is 309 Å². The fourth-order valence-corrected chi connectivity index (χ4v) is 10.6. The van der Waals surface area contributed by atoms with E-state index >= 15 is 0 Å². The van der Waals surface area contributed by atoms with Gasteiger partial charge in [-0.3, -0.25) is 4.79 Å². The standard InChI is InChI=1S/C70H127NO8/c1-3-5-7-9-11-13-15-17-19-21-23-25-27-29-30-31-32-33-34-36-37-39-41-43-45-47-49-51-53-55-57-59-64(73)63(62-78-70-69(77)68(76)67(75)65(61-72)79-70)71-66(74)60-58-56-54-52-50-48-46-44-42-40-38-35-28-26-24-22-20-18-16-14-12-10-8-6-4-2/h6,8,12,14,18,20,24,26,35,38,42,44,63-65,67-70,72-73,75-77H,3-5,7,9-11,13,15-17,19,21-23,25,27-34,36-37,39-41,43,45-62H2,1-2H3,(H,71,74)/b8-6-,14-12-,20-18-,26-24-,38-35-,44-42-. The lowest BCUT2D eigenvalue weighted by Crippen LogP contribution is -2.60. The van der Waals surface area contributed by atoms with Crippen molar-refractivity contribution in [2.24, 2.45) is 0 Å². The minimum atomic E-state index is -1.56. The van der Waals surface area contributed by atoms with Crippen LogP contribution in [0.5, 0.6) is 0 Å². The Bertz CT molecular complexity index is 1470. The molecule has 79 heavy (non-hydrogen) atoms. The predicted molar refractivity (Wildman–Crippen MR) is 336 cm³/mol. The van der Waals surface area contributed by atoms with E-state index < -0.39 is 49.5 Å². The lowest BCUT2D eigenvalue weighted by Gasteiger charge is -2.40. The number of carbonyl (C=O) groups is 1. The van der Waals surface area contributed by atoms with Crippen molar-refractivity contribution in [2.75, 3.05) is 13.2 Å². The maximum absolute atomic E-state index is 13.1.